The molecule has 1 atom stereocenters. The summed E-state index contributed by atoms with van der Waals surface area (Å²) < 4.78 is 0. The molecule has 1 amide bonds. The van der Waals surface area contributed by atoms with E-state index in [4.69, 9.17) is 0 Å². The lowest BCUT2D eigenvalue weighted by molar-refractivity contribution is 0.0109. The van der Waals surface area contributed by atoms with Crippen molar-refractivity contribution in [2.75, 3.05) is 26.2 Å². The van der Waals surface area contributed by atoms with Crippen LogP contribution < -0.4 is 0 Å². The SMILES string of the molecule is O=C(c1ccccc1)c1ccccc1CCN(C(=O)O)C1CN2CCC1CC2. The van der Waals surface area contributed by atoms with E-state index in [0.29, 0.717) is 30.0 Å². The number of hydrogen-bond acceptors (Lipinski definition) is 3. The van der Waals surface area contributed by atoms with Crippen LogP contribution in [0.4, 0.5) is 4.79 Å². The van der Waals surface area contributed by atoms with Crippen LogP contribution in [0.25, 0.3) is 0 Å². The van der Waals surface area contributed by atoms with Gasteiger partial charge in [0.25, 0.3) is 0 Å². The molecule has 146 valence electrons. The van der Waals surface area contributed by atoms with Gasteiger partial charge in [0.15, 0.2) is 5.78 Å². The molecule has 0 saturated carbocycles. The monoisotopic (exact) mass is 378 g/mol. The first-order chi connectivity index (χ1) is 13.6. The maximum Gasteiger partial charge on any atom is 0.407 e. The molecule has 3 fully saturated rings. The third kappa shape index (κ3) is 3.80. The summed E-state index contributed by atoms with van der Waals surface area (Å²) in [5.74, 6) is 0.447. The van der Waals surface area contributed by atoms with Crippen LogP contribution in [0.1, 0.15) is 34.3 Å². The summed E-state index contributed by atoms with van der Waals surface area (Å²) >= 11 is 0. The highest BCUT2D eigenvalue weighted by Crippen LogP contribution is 2.31. The van der Waals surface area contributed by atoms with Crippen molar-refractivity contribution in [3.8, 4) is 0 Å². The molecule has 0 radical (unpaired) electrons. The maximum absolute atomic E-state index is 12.9. The van der Waals surface area contributed by atoms with Gasteiger partial charge in [-0.2, -0.15) is 0 Å². The van der Waals surface area contributed by atoms with E-state index in [2.05, 4.69) is 4.90 Å². The zero-order valence-electron chi connectivity index (χ0n) is 16.0. The van der Waals surface area contributed by atoms with Crippen molar-refractivity contribution in [2.45, 2.75) is 25.3 Å². The van der Waals surface area contributed by atoms with Crippen molar-refractivity contribution >= 4 is 11.9 Å². The molecule has 3 aliphatic rings. The second-order valence-corrected chi connectivity index (χ2v) is 7.78. The van der Waals surface area contributed by atoms with Gasteiger partial charge in [0.2, 0.25) is 0 Å². The molecule has 28 heavy (non-hydrogen) atoms. The summed E-state index contributed by atoms with van der Waals surface area (Å²) in [6.07, 6.45) is 1.85. The molecule has 2 bridgehead atoms. The number of hydrogen-bond donors (Lipinski definition) is 1. The van der Waals surface area contributed by atoms with Crippen LogP contribution >= 0.6 is 0 Å². The van der Waals surface area contributed by atoms with Gasteiger partial charge in [-0.05, 0) is 43.8 Å². The number of carbonyl (C=O) groups is 2. The van der Waals surface area contributed by atoms with Crippen LogP contribution in [0.5, 0.6) is 0 Å². The topological polar surface area (TPSA) is 60.9 Å². The number of carboxylic acid groups (broad SMARTS) is 1. The zero-order valence-corrected chi connectivity index (χ0v) is 16.0. The van der Waals surface area contributed by atoms with Crippen molar-refractivity contribution in [3.05, 3.63) is 71.3 Å². The maximum atomic E-state index is 12.9. The Hall–Kier alpha value is -2.66. The summed E-state index contributed by atoms with van der Waals surface area (Å²) in [6, 6.07) is 16.9. The second kappa shape index (κ2) is 8.15. The molecule has 0 aliphatic carbocycles. The average molecular weight is 378 g/mol. The number of fused-ring (bicyclic) bond motifs is 3. The smallest absolute Gasteiger partial charge is 0.407 e. The van der Waals surface area contributed by atoms with Crippen LogP contribution in [0.15, 0.2) is 54.6 Å². The van der Waals surface area contributed by atoms with Gasteiger partial charge >= 0.3 is 6.09 Å². The van der Waals surface area contributed by atoms with Gasteiger partial charge in [0, 0.05) is 24.2 Å². The largest absolute Gasteiger partial charge is 0.465 e. The average Bonchev–Trinajstić information content (AvgIpc) is 2.75. The van der Waals surface area contributed by atoms with E-state index in [1.807, 2.05) is 54.6 Å². The van der Waals surface area contributed by atoms with Crippen molar-refractivity contribution in [1.82, 2.24) is 9.80 Å². The normalized spacial score (nSPS) is 23.4. The minimum atomic E-state index is -0.856. The minimum absolute atomic E-state index is 0.0130. The number of piperidine rings is 3. The van der Waals surface area contributed by atoms with Crippen LogP contribution in [0.3, 0.4) is 0 Å². The summed E-state index contributed by atoms with van der Waals surface area (Å²) in [4.78, 5) is 28.9. The van der Waals surface area contributed by atoms with E-state index < -0.39 is 6.09 Å². The number of benzene rings is 2. The summed E-state index contributed by atoms with van der Waals surface area (Å²) in [5, 5.41) is 9.83. The fraction of sp³-hybridized carbons (Fsp3) is 0.391. The van der Waals surface area contributed by atoms with Crippen LogP contribution in [-0.4, -0.2) is 59.0 Å². The number of amides is 1. The van der Waals surface area contributed by atoms with E-state index in [-0.39, 0.29) is 11.8 Å². The van der Waals surface area contributed by atoms with Gasteiger partial charge in [-0.3, -0.25) is 4.79 Å². The molecule has 5 nitrogen and oxygen atoms in total. The van der Waals surface area contributed by atoms with E-state index in [9.17, 15) is 14.7 Å². The standard InChI is InChI=1S/C23H26N2O3/c26-22(19-7-2-1-3-8-19)20-9-5-4-6-17(20)12-15-25(23(27)28)21-16-24-13-10-18(21)11-14-24/h1-9,18,21H,10-16H2,(H,27,28). The van der Waals surface area contributed by atoms with Gasteiger partial charge in [0.1, 0.15) is 0 Å². The number of nitrogens with zero attached hydrogens (tertiary/aromatic N) is 2. The quantitative estimate of drug-likeness (QED) is 0.781. The predicted octanol–water partition coefficient (Wildman–Crippen LogP) is 3.53. The second-order valence-electron chi connectivity index (χ2n) is 7.78. The van der Waals surface area contributed by atoms with Crippen molar-refractivity contribution in [1.29, 1.82) is 0 Å². The fourth-order valence-electron chi connectivity index (χ4n) is 4.64. The molecule has 5 heteroatoms. The number of rotatable bonds is 6. The van der Waals surface area contributed by atoms with Crippen LogP contribution in [-0.2, 0) is 6.42 Å². The first-order valence-corrected chi connectivity index (χ1v) is 10.0. The van der Waals surface area contributed by atoms with Crippen molar-refractivity contribution in [2.24, 2.45) is 5.92 Å². The molecule has 0 spiro atoms. The lowest BCUT2D eigenvalue weighted by atomic mass is 9.83. The Morgan fingerprint density at radius 3 is 2.32 bits per heavy atom. The Balaban J connectivity index is 1.51. The first kappa shape index (κ1) is 18.7. The van der Waals surface area contributed by atoms with Crippen molar-refractivity contribution in [3.63, 3.8) is 0 Å². The summed E-state index contributed by atoms with van der Waals surface area (Å²) in [7, 11) is 0. The molecule has 5 rings (SSSR count). The fourth-order valence-corrected chi connectivity index (χ4v) is 4.64. The third-order valence-corrected chi connectivity index (χ3v) is 6.19. The van der Waals surface area contributed by atoms with Gasteiger partial charge in [-0.1, -0.05) is 54.6 Å². The zero-order chi connectivity index (χ0) is 19.5. The van der Waals surface area contributed by atoms with Crippen LogP contribution in [0, 0.1) is 5.92 Å². The molecular formula is C23H26N2O3. The van der Waals surface area contributed by atoms with Crippen molar-refractivity contribution < 1.29 is 14.7 Å². The van der Waals surface area contributed by atoms with Gasteiger partial charge in [0.05, 0.1) is 6.04 Å². The Morgan fingerprint density at radius 2 is 1.68 bits per heavy atom. The van der Waals surface area contributed by atoms with E-state index in [0.717, 1.165) is 38.0 Å². The highest BCUT2D eigenvalue weighted by molar-refractivity contribution is 6.09. The predicted molar refractivity (Wildman–Crippen MR) is 108 cm³/mol. The molecule has 2 aromatic carbocycles. The van der Waals surface area contributed by atoms with Gasteiger partial charge in [-0.25, -0.2) is 4.79 Å². The van der Waals surface area contributed by atoms with Crippen LogP contribution in [0.2, 0.25) is 0 Å². The summed E-state index contributed by atoms with van der Waals surface area (Å²) in [6.45, 7) is 3.43. The van der Waals surface area contributed by atoms with Gasteiger partial charge < -0.3 is 14.9 Å². The molecular weight excluding hydrogens is 352 g/mol. The highest BCUT2D eigenvalue weighted by Gasteiger charge is 2.39. The Labute approximate surface area is 165 Å². The number of carbonyl (C=O) groups excluding carboxylic acids is 1. The molecule has 0 aromatic heterocycles. The highest BCUT2D eigenvalue weighted by atomic mass is 16.4. The lowest BCUT2D eigenvalue weighted by Crippen LogP contribution is -2.58. The van der Waals surface area contributed by atoms with E-state index in [1.54, 1.807) is 4.90 Å². The lowest BCUT2D eigenvalue weighted by Gasteiger charge is -2.48. The third-order valence-electron chi connectivity index (χ3n) is 6.19. The van der Waals surface area contributed by atoms with E-state index >= 15 is 0 Å². The molecule has 1 N–H and O–H groups in total. The summed E-state index contributed by atoms with van der Waals surface area (Å²) in [5.41, 5.74) is 2.22. The van der Waals surface area contributed by atoms with E-state index in [1.165, 1.54) is 0 Å². The Morgan fingerprint density at radius 1 is 1.00 bits per heavy atom. The molecule has 3 heterocycles. The minimum Gasteiger partial charge on any atom is -0.465 e. The Bertz CT molecular complexity index is 844. The molecule has 3 aliphatic heterocycles. The van der Waals surface area contributed by atoms with Gasteiger partial charge in [-0.15, -0.1) is 0 Å². The molecule has 1 unspecified atom stereocenters. The number of ketones is 1. The first-order valence-electron chi connectivity index (χ1n) is 10.0. The Kier molecular flexibility index (Phi) is 5.44. The molecule has 3 saturated heterocycles. The molecule has 2 aromatic rings.